The molecule has 24 aromatic rings. The number of hydrogen-bond acceptors (Lipinski definition) is 38. The third-order valence-electron chi connectivity index (χ3n) is 22.9. The fourth-order valence-corrected chi connectivity index (χ4v) is 21.2. The fourth-order valence-electron chi connectivity index (χ4n) is 15.6. The molecular weight excluding hydrogens is 2020 g/mol. The van der Waals surface area contributed by atoms with Crippen molar-refractivity contribution in [1.82, 2.24) is 90.7 Å². The molecule has 32 nitrogen and oxygen atoms in total. The van der Waals surface area contributed by atoms with Gasteiger partial charge in [-0.05, 0) is 135 Å². The average Bonchev–Trinajstić information content (AvgIpc) is 1.67. The first kappa shape index (κ1) is 100. The molecule has 0 saturated heterocycles. The van der Waals surface area contributed by atoms with Crippen molar-refractivity contribution >= 4 is 187 Å². The maximum Gasteiger partial charge on any atom is 0.156 e. The summed E-state index contributed by atoms with van der Waals surface area (Å²) in [4.78, 5) is 64.9. The first-order chi connectivity index (χ1) is 72.0. The van der Waals surface area contributed by atoms with E-state index in [0.29, 0.717) is 78.0 Å². The molecule has 18 aromatic heterocycles. The molecule has 6 aromatic carbocycles. The molecule has 40 heteroatoms. The maximum atomic E-state index is 6.30. The quantitative estimate of drug-likeness (QED) is 0.0293. The van der Waals surface area contributed by atoms with Crippen LogP contribution in [0.15, 0.2) is 271 Å². The molecule has 0 unspecified atom stereocenters. The van der Waals surface area contributed by atoms with Gasteiger partial charge in [-0.25, -0.2) is 59.8 Å². The second-order valence-electron chi connectivity index (χ2n) is 34.1. The molecule has 0 spiro atoms. The second-order valence-corrected chi connectivity index (χ2v) is 42.3. The molecule has 744 valence electrons. The van der Waals surface area contributed by atoms with Gasteiger partial charge < -0.3 is 68.5 Å². The molecule has 0 bridgehead atoms. The molecule has 6 N–H and O–H groups in total. The largest absolute Gasteiger partial charge is 0.497 e. The summed E-state index contributed by atoms with van der Waals surface area (Å²) < 4.78 is 43.3. The number of thiophene rings is 6. The van der Waals surface area contributed by atoms with Crippen LogP contribution in [-0.2, 0) is 39.3 Å². The van der Waals surface area contributed by atoms with E-state index in [-0.39, 0.29) is 0 Å². The van der Waals surface area contributed by atoms with Crippen LogP contribution in [0.3, 0.4) is 0 Å². The number of rotatable bonds is 26. The molecule has 0 aliphatic heterocycles. The summed E-state index contributed by atoms with van der Waals surface area (Å²) in [6.07, 6.45) is 9.44. The van der Waals surface area contributed by atoms with Gasteiger partial charge in [0.15, 0.2) is 34.6 Å². The monoisotopic (exact) mass is 2120 g/mol. The highest BCUT2D eigenvalue weighted by Gasteiger charge is 2.21. The van der Waals surface area contributed by atoms with E-state index in [1.165, 1.54) is 46.0 Å². The Morgan fingerprint density at radius 3 is 0.764 bits per heavy atom. The lowest BCUT2D eigenvalue weighted by atomic mass is 10.1. The zero-order valence-electron chi connectivity index (χ0n) is 81.9. The van der Waals surface area contributed by atoms with Gasteiger partial charge in [0.2, 0.25) is 0 Å². The Morgan fingerprint density at radius 1 is 0.243 bits per heavy atom. The predicted octanol–water partition coefficient (Wildman–Crippen LogP) is 28.2. The molecular formula is C108H94Cl2N24O8S6. The number of nitrogens with one attached hydrogen (secondary N) is 6. The van der Waals surface area contributed by atoms with E-state index in [9.17, 15) is 0 Å². The zero-order valence-corrected chi connectivity index (χ0v) is 88.3. The number of hydrogen-bond donors (Lipinski definition) is 6. The Kier molecular flexibility index (Phi) is 31.5. The molecule has 0 saturated carbocycles. The van der Waals surface area contributed by atoms with Crippen molar-refractivity contribution in [2.45, 2.75) is 109 Å². The molecule has 0 aliphatic carbocycles. The predicted molar refractivity (Wildman–Crippen MR) is 591 cm³/mol. The van der Waals surface area contributed by atoms with Gasteiger partial charge in [0.25, 0.3) is 0 Å². The number of benzene rings is 6. The SMILES string of the molecule is COc1ccc(-c2cc(CNc3ncnc4sc(C)cc34)on2)c(OC)c1.Cc1cc2c(NCc3cc(-c4ccccc4Cl)no3)ncnc2s1.Cc1ccc(-c2cc(CNc3ncnc4sc(C)cc34)on2)c(Cl)c1.Cc1ccc(-c2cc(CNc3ncnc4sc(C)cc34)on2)cc1.Cc1ccc(-c2cc(CNc3ncnc4sc(C)cc34)on2)cc1.Cc1ccc(-c2cc(CNc3ncnc4sc(C)cc34)on2)cc1. The smallest absolute Gasteiger partial charge is 0.156 e. The van der Waals surface area contributed by atoms with Crippen molar-refractivity contribution in [3.63, 3.8) is 0 Å². The van der Waals surface area contributed by atoms with Crippen molar-refractivity contribution in [3.8, 4) is 79.0 Å². The fraction of sp³-hybridized carbons (Fsp3) is 0.167. The number of aromatic nitrogens is 18. The van der Waals surface area contributed by atoms with Crippen LogP contribution in [-0.4, -0.2) is 105 Å². The number of aryl methyl sites for hydroxylation is 10. The molecule has 0 aliphatic rings. The maximum absolute atomic E-state index is 6.30. The van der Waals surface area contributed by atoms with E-state index in [4.69, 9.17) is 59.8 Å². The minimum atomic E-state index is 0.465. The number of nitrogens with zero attached hydrogens (tertiary/aromatic N) is 18. The Morgan fingerprint density at radius 2 is 0.493 bits per heavy atom. The third kappa shape index (κ3) is 24.8. The van der Waals surface area contributed by atoms with Crippen LogP contribution in [0, 0.1) is 69.2 Å². The lowest BCUT2D eigenvalue weighted by Gasteiger charge is -2.07. The minimum absolute atomic E-state index is 0.465. The van der Waals surface area contributed by atoms with Crippen LogP contribution in [0.4, 0.5) is 34.9 Å². The molecule has 0 radical (unpaired) electrons. The summed E-state index contributed by atoms with van der Waals surface area (Å²) in [5, 5.41) is 52.1. The summed E-state index contributed by atoms with van der Waals surface area (Å²) >= 11 is 22.4. The van der Waals surface area contributed by atoms with Crippen LogP contribution < -0.4 is 41.4 Å². The molecule has 0 amide bonds. The van der Waals surface area contributed by atoms with Gasteiger partial charge in [0.1, 0.15) is 148 Å². The van der Waals surface area contributed by atoms with Crippen molar-refractivity contribution in [1.29, 1.82) is 0 Å². The van der Waals surface area contributed by atoms with Crippen molar-refractivity contribution < 1.29 is 36.6 Å². The average molecular weight is 2120 g/mol. The van der Waals surface area contributed by atoms with E-state index in [2.05, 4.69) is 258 Å². The summed E-state index contributed by atoms with van der Waals surface area (Å²) in [5.41, 5.74) is 15.1. The van der Waals surface area contributed by atoms with Crippen LogP contribution in [0.5, 0.6) is 11.5 Å². The number of fused-ring (bicyclic) bond motifs is 6. The van der Waals surface area contributed by atoms with Gasteiger partial charge in [0, 0.05) is 105 Å². The zero-order chi connectivity index (χ0) is 102. The lowest BCUT2D eigenvalue weighted by molar-refractivity contribution is 0.386. The molecule has 24 rings (SSSR count). The summed E-state index contributed by atoms with van der Waals surface area (Å²) in [7, 11) is 3.23. The Labute approximate surface area is 881 Å². The Bertz CT molecular complexity index is 8320. The van der Waals surface area contributed by atoms with Gasteiger partial charge in [-0.3, -0.25) is 0 Å². The van der Waals surface area contributed by atoms with Crippen molar-refractivity contribution in [2.24, 2.45) is 0 Å². The summed E-state index contributed by atoms with van der Waals surface area (Å²) in [6.45, 7) is 23.6. The normalized spacial score (nSPS) is 11.1. The molecule has 18 heterocycles. The highest BCUT2D eigenvalue weighted by atomic mass is 35.5. The summed E-state index contributed by atoms with van der Waals surface area (Å²) in [5.74, 6) is 10.6. The lowest BCUT2D eigenvalue weighted by Crippen LogP contribution is -2.00. The topological polar surface area (TPSA) is 401 Å². The van der Waals surface area contributed by atoms with Gasteiger partial charge >= 0.3 is 0 Å². The minimum Gasteiger partial charge on any atom is -0.497 e. The first-order valence-corrected chi connectivity index (χ1v) is 52.1. The van der Waals surface area contributed by atoms with Crippen LogP contribution in [0.25, 0.3) is 129 Å². The van der Waals surface area contributed by atoms with Crippen LogP contribution in [0.1, 0.15) is 86.1 Å². The van der Waals surface area contributed by atoms with Gasteiger partial charge in [-0.15, -0.1) is 68.0 Å². The molecule has 148 heavy (non-hydrogen) atoms. The number of ether oxygens (including phenoxy) is 2. The van der Waals surface area contributed by atoms with Crippen molar-refractivity contribution in [3.05, 3.63) is 340 Å². The number of halogens is 2. The van der Waals surface area contributed by atoms with Crippen molar-refractivity contribution in [2.75, 3.05) is 46.1 Å². The van der Waals surface area contributed by atoms with Gasteiger partial charge in [-0.2, -0.15) is 0 Å². The molecule has 0 atom stereocenters. The van der Waals surface area contributed by atoms with Gasteiger partial charge in [0.05, 0.1) is 95.9 Å². The Balaban J connectivity index is 0.000000112. The first-order valence-electron chi connectivity index (χ1n) is 46.4. The number of anilines is 6. The summed E-state index contributed by atoms with van der Waals surface area (Å²) in [6, 6.07) is 67.8. The highest BCUT2D eigenvalue weighted by molar-refractivity contribution is 7.20. The highest BCUT2D eigenvalue weighted by Crippen LogP contribution is 2.40. The number of methoxy groups -OCH3 is 2. The Hall–Kier alpha value is -16.2. The third-order valence-corrected chi connectivity index (χ3v) is 29.3. The van der Waals surface area contributed by atoms with Gasteiger partial charge in [-0.1, -0.05) is 174 Å². The second kappa shape index (κ2) is 46.5. The van der Waals surface area contributed by atoms with Crippen LogP contribution >= 0.6 is 91.2 Å². The van der Waals surface area contributed by atoms with E-state index in [0.717, 1.165) is 187 Å². The van der Waals surface area contributed by atoms with E-state index >= 15 is 0 Å². The standard InChI is InChI=1S/C19H18N4O3S.C18H15ClN4OS.3C18H16N4OS.C17H13ClN4OS/c1-11-6-15-18(21-10-22-19(15)27-11)20-9-13-7-16(23-26-13)14-5-4-12(24-2)8-17(14)25-3;1-10-3-4-13(15(19)5-10)16-7-12(24-23-16)8-20-17-14-6-11(2)25-18(14)22-9-21-17;3*1-11-3-5-13(6-4-11)16-8-14(23-22-16)9-19-17-15-7-12(2)24-18(15)21-10-20-17;1-10-6-13-16(20-9-21-17(13)24-10)19-8-11-7-15(22-23-11)12-4-2-3-5-14(12)18/h4-8,10H,9H2,1-3H3,(H,20,21,22);3-7,9H,8H2,1-2H3,(H,20,21,22);3*3-8,10H,9H2,1-2H3,(H,19,20,21);2-7,9H,8H2,1H3,(H,19,20,21). The molecule has 0 fully saturated rings. The van der Waals surface area contributed by atoms with Crippen LogP contribution in [0.2, 0.25) is 10.0 Å². The van der Waals surface area contributed by atoms with E-state index in [1.807, 2.05) is 140 Å². The van der Waals surface area contributed by atoms with E-state index < -0.39 is 0 Å². The van der Waals surface area contributed by atoms with E-state index in [1.54, 1.807) is 120 Å².